The molecule has 1 aromatic carbocycles. The number of thioether (sulfide) groups is 5. The molecule has 7 atom stereocenters. The second-order valence-corrected chi connectivity index (χ2v) is 31.1. The van der Waals surface area contributed by atoms with Crippen LogP contribution in [-0.4, -0.2) is 258 Å². The number of carbonyl (C=O) groups excluding carboxylic acids is 11. The van der Waals surface area contributed by atoms with Crippen molar-refractivity contribution in [2.75, 3.05) is 137 Å². The molecule has 0 aliphatic heterocycles. The SMILES string of the molecule is C=C(C)C(=O)OCCOC(=O)C(C)CSC(CC(=O)O)C(=O)O.C=C(C)C(=O)OCCOC(=O)C(C)CSCC(=O)O.C=C(C)C(=O)OCCOC(=O)C(C)CSCC(NC(=O)OC(C)(C)C)C(=O)O.C=C(C)C(=O)OCCOC(=O)C(C)CSCCNC.C=C(C)C(=O)OCCOC(=O)C(C)CSCCc1ccc(N)cc1. The lowest BCUT2D eigenvalue weighted by atomic mass is 10.2. The van der Waals surface area contributed by atoms with Gasteiger partial charge in [0.15, 0.2) is 0 Å². The van der Waals surface area contributed by atoms with Gasteiger partial charge in [0.05, 0.1) is 41.8 Å². The summed E-state index contributed by atoms with van der Waals surface area (Å²) < 4.78 is 53.9. The Morgan fingerprint density at radius 3 is 1.03 bits per heavy atom. The van der Waals surface area contributed by atoms with Crippen LogP contribution >= 0.6 is 58.8 Å². The molecule has 0 aliphatic carbocycles. The summed E-state index contributed by atoms with van der Waals surface area (Å²) in [4.78, 5) is 169. The summed E-state index contributed by atoms with van der Waals surface area (Å²) in [6.07, 6.45) is -0.417. The van der Waals surface area contributed by atoms with Gasteiger partial charge >= 0.3 is 89.7 Å². The van der Waals surface area contributed by atoms with Gasteiger partial charge in [-0.2, -0.15) is 35.3 Å². The lowest BCUT2D eigenvalue weighted by molar-refractivity contribution is -0.152. The lowest BCUT2D eigenvalue weighted by Crippen LogP contribution is -2.45. The number of rotatable bonds is 51. The number of alkyl carbamates (subject to hydrolysis) is 1. The fraction of sp³-hybridized carbons (Fsp3) is 0.587. The minimum absolute atomic E-state index is 0.0214. The van der Waals surface area contributed by atoms with Crippen molar-refractivity contribution < 1.29 is 144 Å². The number of aryl methyl sites for hydroxylation is 1. The highest BCUT2D eigenvalue weighted by Gasteiger charge is 2.27. The van der Waals surface area contributed by atoms with Gasteiger partial charge in [-0.15, -0.1) is 23.5 Å². The minimum atomic E-state index is -1.25. The Bertz CT molecular complexity index is 3230. The Kier molecular flexibility index (Phi) is 64.3. The Morgan fingerprint density at radius 1 is 0.425 bits per heavy atom. The van der Waals surface area contributed by atoms with E-state index in [1.165, 1.54) is 45.0 Å². The molecule has 0 aromatic heterocycles. The molecule has 113 heavy (non-hydrogen) atoms. The number of hydrogen-bond donors (Lipinski definition) is 7. The molecule has 7 unspecified atom stereocenters. The number of nitrogens with one attached hydrogen (secondary N) is 2. The first kappa shape index (κ1) is 111. The van der Waals surface area contributed by atoms with E-state index in [2.05, 4.69) is 43.5 Å². The number of carboxylic acid groups (broad SMARTS) is 4. The van der Waals surface area contributed by atoms with Crippen molar-refractivity contribution in [1.82, 2.24) is 10.6 Å². The molecule has 38 heteroatoms. The van der Waals surface area contributed by atoms with Gasteiger partial charge in [0.2, 0.25) is 0 Å². The number of carbonyl (C=O) groups is 15. The van der Waals surface area contributed by atoms with Crippen LogP contribution in [0.4, 0.5) is 10.5 Å². The Balaban J connectivity index is -0.000000662. The molecule has 640 valence electrons. The predicted molar refractivity (Wildman–Crippen MR) is 432 cm³/mol. The van der Waals surface area contributed by atoms with Crippen LogP contribution in [0.3, 0.4) is 0 Å². The third-order valence-electron chi connectivity index (χ3n) is 12.7. The van der Waals surface area contributed by atoms with E-state index >= 15 is 0 Å². The molecule has 0 fully saturated rings. The lowest BCUT2D eigenvalue weighted by Gasteiger charge is -2.22. The van der Waals surface area contributed by atoms with E-state index in [9.17, 15) is 77.0 Å². The number of aliphatic carboxylic acids is 4. The molecule has 0 aliphatic rings. The smallest absolute Gasteiger partial charge is 0.408 e. The summed E-state index contributed by atoms with van der Waals surface area (Å²) in [5, 5.41) is 39.3. The highest BCUT2D eigenvalue weighted by molar-refractivity contribution is 8.00. The van der Waals surface area contributed by atoms with Crippen LogP contribution < -0.4 is 16.4 Å². The van der Waals surface area contributed by atoms with Gasteiger partial charge < -0.3 is 88.9 Å². The molecule has 1 amide bonds. The summed E-state index contributed by atoms with van der Waals surface area (Å²) in [5.74, 6) is -7.02. The second-order valence-electron chi connectivity index (χ2n) is 25.4. The van der Waals surface area contributed by atoms with Crippen LogP contribution in [0.1, 0.15) is 102 Å². The topological polar surface area (TPSA) is 489 Å². The largest absolute Gasteiger partial charge is 0.481 e. The number of nitrogens with two attached hydrogens (primary N) is 1. The summed E-state index contributed by atoms with van der Waals surface area (Å²) in [7, 11) is 1.89. The van der Waals surface area contributed by atoms with E-state index in [0.717, 1.165) is 59.4 Å². The van der Waals surface area contributed by atoms with Crippen molar-refractivity contribution in [2.24, 2.45) is 29.6 Å². The third-order valence-corrected chi connectivity index (χ3v) is 19.1. The molecule has 0 radical (unpaired) electrons. The quantitative estimate of drug-likeness (QED) is 0.0106. The maximum Gasteiger partial charge on any atom is 0.408 e. The molecule has 33 nitrogen and oxygen atoms in total. The zero-order chi connectivity index (χ0) is 87.4. The van der Waals surface area contributed by atoms with Crippen LogP contribution in [0.25, 0.3) is 0 Å². The third kappa shape index (κ3) is 65.4. The molecule has 1 aromatic rings. The van der Waals surface area contributed by atoms with Gasteiger partial charge in [-0.05, 0) is 92.3 Å². The van der Waals surface area contributed by atoms with Crippen molar-refractivity contribution in [1.29, 1.82) is 0 Å². The molecule has 0 heterocycles. The Hall–Kier alpha value is -8.72. The summed E-state index contributed by atoms with van der Waals surface area (Å²) >= 11 is 6.61. The standard InChI is InChI=1S/C18H29NO8S.C18H25NO4S.C14H20O8S.C13H23NO4S.C12H18O6S/c1-11(2)15(22)25-7-8-26-16(23)12(3)9-28-10-13(14(20)21)19-17(24)27-18(4,5)6;1-13(2)17(20)22-9-10-23-18(21)14(3)12-24-11-8-15-4-6-16(19)7-5-15;1-8(2)13(19)21-4-5-22-14(20)9(3)7-23-10(12(17)18)6-11(15)16;1-10(2)12(15)17-6-7-18-13(16)11(3)9-19-8-5-14-4;1-8(2)11(15)17-4-5-18-12(16)9(3)6-19-7-10(13)14/h12-13H,1,7-10H2,2-6H3,(H,19,24)(H,20,21);4-7,14H,1,8-12,19H2,2-3H3;9-10H,1,4-7H2,2-3H3,(H,15,16)(H,17,18);11,14H,1,5-9H2,2-4H3;9H,1,4-7H2,2-3H3,(H,13,14). The van der Waals surface area contributed by atoms with Gasteiger partial charge in [0, 0.05) is 80.4 Å². The fourth-order valence-corrected chi connectivity index (χ4v) is 11.5. The predicted octanol–water partition coefficient (Wildman–Crippen LogP) is 8.13. The molecule has 0 bridgehead atoms. The van der Waals surface area contributed by atoms with Crippen LogP contribution in [0.2, 0.25) is 0 Å². The van der Waals surface area contributed by atoms with Crippen molar-refractivity contribution in [3.8, 4) is 0 Å². The van der Waals surface area contributed by atoms with Crippen molar-refractivity contribution in [3.63, 3.8) is 0 Å². The first-order chi connectivity index (χ1) is 52.7. The van der Waals surface area contributed by atoms with Gasteiger partial charge in [-0.1, -0.05) is 79.6 Å². The molecule has 0 spiro atoms. The summed E-state index contributed by atoms with van der Waals surface area (Å²) in [6.45, 7) is 39.1. The molecular formula is C75H115N3O30S5. The fourth-order valence-electron chi connectivity index (χ4n) is 6.57. The number of anilines is 1. The molecule has 0 saturated heterocycles. The van der Waals surface area contributed by atoms with Gasteiger partial charge in [0.25, 0.3) is 0 Å². The van der Waals surface area contributed by atoms with E-state index in [1.807, 2.05) is 45.2 Å². The normalized spacial score (nSPS) is 12.2. The molecule has 1 rings (SSSR count). The van der Waals surface area contributed by atoms with Crippen molar-refractivity contribution >= 4 is 154 Å². The van der Waals surface area contributed by atoms with Gasteiger partial charge in [-0.25, -0.2) is 33.6 Å². The van der Waals surface area contributed by atoms with E-state index in [-0.39, 0.29) is 124 Å². The first-order valence-electron chi connectivity index (χ1n) is 35.0. The van der Waals surface area contributed by atoms with E-state index in [1.54, 1.807) is 72.0 Å². The van der Waals surface area contributed by atoms with Crippen LogP contribution in [0.5, 0.6) is 0 Å². The number of amides is 1. The van der Waals surface area contributed by atoms with Crippen molar-refractivity contribution in [2.45, 2.75) is 120 Å². The first-order valence-corrected chi connectivity index (χ1v) is 40.6. The zero-order valence-corrected chi connectivity index (χ0v) is 71.0. The number of ether oxygens (including phenoxy) is 11. The van der Waals surface area contributed by atoms with Gasteiger partial charge in [0.1, 0.15) is 83.0 Å². The summed E-state index contributed by atoms with van der Waals surface area (Å²) in [6, 6.07) is 6.66. The van der Waals surface area contributed by atoms with Crippen LogP contribution in [-0.2, 0) is 126 Å². The van der Waals surface area contributed by atoms with Crippen LogP contribution in [0, 0.1) is 29.6 Å². The number of nitrogen functional groups attached to an aromatic ring is 1. The number of hydrogen-bond acceptors (Lipinski definition) is 33. The summed E-state index contributed by atoms with van der Waals surface area (Å²) in [5.41, 5.74) is 8.33. The number of carboxylic acids is 4. The minimum Gasteiger partial charge on any atom is -0.481 e. The van der Waals surface area contributed by atoms with E-state index in [4.69, 9.17) is 73.2 Å². The maximum absolute atomic E-state index is 11.9. The molecule has 8 N–H and O–H groups in total. The van der Waals surface area contributed by atoms with E-state index in [0.29, 0.717) is 28.4 Å². The number of benzene rings is 1. The Labute approximate surface area is 682 Å². The zero-order valence-electron chi connectivity index (χ0n) is 67.0. The highest BCUT2D eigenvalue weighted by atomic mass is 32.2. The van der Waals surface area contributed by atoms with Crippen molar-refractivity contribution in [3.05, 3.63) is 90.6 Å². The second kappa shape index (κ2) is 65.7. The Morgan fingerprint density at radius 2 is 0.735 bits per heavy atom. The highest BCUT2D eigenvalue weighted by Crippen LogP contribution is 2.21. The van der Waals surface area contributed by atoms with E-state index < -0.39 is 119 Å². The average Bonchev–Trinajstić information content (AvgIpc) is 0.913. The molecule has 0 saturated carbocycles. The average molecular weight is 1700 g/mol. The maximum atomic E-state index is 11.9. The van der Waals surface area contributed by atoms with Gasteiger partial charge in [-0.3, -0.25) is 38.4 Å². The molecular weight excluding hydrogens is 1580 g/mol. The monoisotopic (exact) mass is 1700 g/mol. The van der Waals surface area contributed by atoms with Crippen LogP contribution in [0.15, 0.2) is 85.0 Å². The number of esters is 10.